The van der Waals surface area contributed by atoms with E-state index in [1.807, 2.05) is 0 Å². The molecular formula is C19H25N3O5. The number of esters is 1. The number of rotatable bonds is 5. The fourth-order valence-corrected chi connectivity index (χ4v) is 2.70. The number of imide groups is 1. The monoisotopic (exact) mass is 375 g/mol. The maximum Gasteiger partial charge on any atom is 0.327 e. The van der Waals surface area contributed by atoms with E-state index in [-0.39, 0.29) is 0 Å². The summed E-state index contributed by atoms with van der Waals surface area (Å²) in [5.41, 5.74) is -1.12. The summed E-state index contributed by atoms with van der Waals surface area (Å²) >= 11 is 0. The Kier molecular flexibility index (Phi) is 5.58. The number of amides is 4. The van der Waals surface area contributed by atoms with E-state index < -0.39 is 47.5 Å². The van der Waals surface area contributed by atoms with Crippen LogP contribution in [0.1, 0.15) is 40.2 Å². The van der Waals surface area contributed by atoms with Crippen molar-refractivity contribution in [2.45, 2.75) is 51.8 Å². The molecule has 1 heterocycles. The van der Waals surface area contributed by atoms with Gasteiger partial charge in [0.1, 0.15) is 12.1 Å². The van der Waals surface area contributed by atoms with Crippen molar-refractivity contribution >= 4 is 23.8 Å². The highest BCUT2D eigenvalue weighted by molar-refractivity contribution is 6.08. The molecular weight excluding hydrogens is 350 g/mol. The Bertz CT molecular complexity index is 756. The van der Waals surface area contributed by atoms with E-state index in [0.29, 0.717) is 5.56 Å². The lowest BCUT2D eigenvalue weighted by Crippen LogP contribution is -2.47. The average Bonchev–Trinajstić information content (AvgIpc) is 2.78. The first kappa shape index (κ1) is 20.4. The molecule has 0 saturated carbocycles. The second-order valence-electron chi connectivity index (χ2n) is 7.68. The third-order valence-electron chi connectivity index (χ3n) is 4.09. The summed E-state index contributed by atoms with van der Waals surface area (Å²) in [6, 6.07) is 8.07. The molecule has 2 rings (SSSR count). The highest BCUT2D eigenvalue weighted by Gasteiger charge is 2.49. The number of nitrogens with one attached hydrogen (secondary N) is 2. The van der Waals surface area contributed by atoms with E-state index in [1.165, 1.54) is 6.92 Å². The molecule has 8 heteroatoms. The molecule has 0 spiro atoms. The van der Waals surface area contributed by atoms with Crippen LogP contribution in [0.2, 0.25) is 0 Å². The van der Waals surface area contributed by atoms with Crippen LogP contribution in [-0.4, -0.2) is 46.9 Å². The van der Waals surface area contributed by atoms with Gasteiger partial charge in [-0.3, -0.25) is 19.3 Å². The summed E-state index contributed by atoms with van der Waals surface area (Å²) in [5, 5.41) is 5.30. The second-order valence-corrected chi connectivity index (χ2v) is 7.68. The number of carbonyl (C=O) groups excluding carboxylic acids is 4. The van der Waals surface area contributed by atoms with Crippen molar-refractivity contribution in [3.63, 3.8) is 0 Å². The van der Waals surface area contributed by atoms with Crippen LogP contribution in [-0.2, 0) is 24.7 Å². The predicted octanol–water partition coefficient (Wildman–Crippen LogP) is 1.30. The molecule has 146 valence electrons. The van der Waals surface area contributed by atoms with Gasteiger partial charge in [-0.05, 0) is 40.2 Å². The van der Waals surface area contributed by atoms with Crippen LogP contribution < -0.4 is 10.6 Å². The zero-order valence-corrected chi connectivity index (χ0v) is 16.2. The van der Waals surface area contributed by atoms with Gasteiger partial charge >= 0.3 is 12.0 Å². The Balaban J connectivity index is 2.03. The van der Waals surface area contributed by atoms with E-state index in [9.17, 15) is 19.2 Å². The summed E-state index contributed by atoms with van der Waals surface area (Å²) in [6.07, 6.45) is -1.04. The number of carbonyl (C=O) groups is 4. The topological polar surface area (TPSA) is 105 Å². The smallest absolute Gasteiger partial charge is 0.327 e. The van der Waals surface area contributed by atoms with Crippen molar-refractivity contribution < 1.29 is 23.9 Å². The van der Waals surface area contributed by atoms with Gasteiger partial charge in [-0.2, -0.15) is 0 Å². The molecule has 1 aromatic rings. The van der Waals surface area contributed by atoms with Gasteiger partial charge < -0.3 is 15.4 Å². The van der Waals surface area contributed by atoms with Crippen molar-refractivity contribution in [1.29, 1.82) is 0 Å². The molecule has 1 aromatic carbocycles. The minimum absolute atomic E-state index is 0.456. The Morgan fingerprint density at radius 2 is 1.81 bits per heavy atom. The number of hydrogen-bond donors (Lipinski definition) is 2. The fraction of sp³-hybridized carbons (Fsp3) is 0.474. The van der Waals surface area contributed by atoms with Gasteiger partial charge in [0, 0.05) is 5.54 Å². The molecule has 27 heavy (non-hydrogen) atoms. The zero-order chi connectivity index (χ0) is 20.4. The number of nitrogens with zero attached hydrogens (tertiary/aromatic N) is 1. The third-order valence-corrected chi connectivity index (χ3v) is 4.09. The Hall–Kier alpha value is -2.90. The number of hydrogen-bond acceptors (Lipinski definition) is 5. The summed E-state index contributed by atoms with van der Waals surface area (Å²) in [4.78, 5) is 49.9. The number of benzene rings is 1. The van der Waals surface area contributed by atoms with Gasteiger partial charge in [0.2, 0.25) is 0 Å². The Labute approximate surface area is 158 Å². The second kappa shape index (κ2) is 7.38. The predicted molar refractivity (Wildman–Crippen MR) is 97.5 cm³/mol. The first-order valence-electron chi connectivity index (χ1n) is 8.65. The molecule has 4 amide bonds. The summed E-state index contributed by atoms with van der Waals surface area (Å²) in [6.45, 7) is 7.84. The maximum atomic E-state index is 12.7. The lowest BCUT2D eigenvalue weighted by atomic mass is 9.92. The molecule has 0 aromatic heterocycles. The molecule has 2 atom stereocenters. The Morgan fingerprint density at radius 3 is 2.37 bits per heavy atom. The first-order chi connectivity index (χ1) is 12.4. The van der Waals surface area contributed by atoms with E-state index in [4.69, 9.17) is 4.74 Å². The Morgan fingerprint density at radius 1 is 1.22 bits per heavy atom. The highest BCUT2D eigenvalue weighted by Crippen LogP contribution is 2.28. The molecule has 8 nitrogen and oxygen atoms in total. The summed E-state index contributed by atoms with van der Waals surface area (Å²) in [7, 11) is 0. The largest absolute Gasteiger partial charge is 0.451 e. The lowest BCUT2D eigenvalue weighted by Gasteiger charge is -2.24. The van der Waals surface area contributed by atoms with Crippen molar-refractivity contribution in [1.82, 2.24) is 15.5 Å². The number of urea groups is 1. The van der Waals surface area contributed by atoms with Gasteiger partial charge in [0.25, 0.3) is 11.8 Å². The van der Waals surface area contributed by atoms with Gasteiger partial charge in [-0.1, -0.05) is 30.3 Å². The standard InChI is InChI=1S/C19H25N3O5/c1-12(15(24)20-18(2,3)4)27-14(23)11-22-16(25)19(5,21-17(22)26)13-9-7-6-8-10-13/h6-10,12H,11H2,1-5H3,(H,20,24)(H,21,26)/t12-,19+/m1/s1. The average molecular weight is 375 g/mol. The molecule has 0 radical (unpaired) electrons. The molecule has 2 N–H and O–H groups in total. The van der Waals surface area contributed by atoms with E-state index in [0.717, 1.165) is 4.90 Å². The fourth-order valence-electron chi connectivity index (χ4n) is 2.70. The van der Waals surface area contributed by atoms with Gasteiger partial charge in [-0.25, -0.2) is 4.79 Å². The van der Waals surface area contributed by atoms with Crippen LogP contribution in [0.4, 0.5) is 4.79 Å². The molecule has 1 aliphatic heterocycles. The van der Waals surface area contributed by atoms with E-state index >= 15 is 0 Å². The summed E-state index contributed by atoms with van der Waals surface area (Å²) < 4.78 is 5.07. The van der Waals surface area contributed by atoms with Crippen LogP contribution in [0.5, 0.6) is 0 Å². The highest BCUT2D eigenvalue weighted by atomic mass is 16.5. The van der Waals surface area contributed by atoms with Crippen LogP contribution in [0, 0.1) is 0 Å². The van der Waals surface area contributed by atoms with Crippen LogP contribution in [0.15, 0.2) is 30.3 Å². The normalized spacial score (nSPS) is 20.9. The molecule has 0 aliphatic carbocycles. The van der Waals surface area contributed by atoms with E-state index in [2.05, 4.69) is 10.6 Å². The molecule has 0 unspecified atom stereocenters. The zero-order valence-electron chi connectivity index (χ0n) is 16.2. The maximum absolute atomic E-state index is 12.7. The first-order valence-corrected chi connectivity index (χ1v) is 8.65. The minimum Gasteiger partial charge on any atom is -0.451 e. The van der Waals surface area contributed by atoms with Crippen molar-refractivity contribution in [2.24, 2.45) is 0 Å². The van der Waals surface area contributed by atoms with Gasteiger partial charge in [-0.15, -0.1) is 0 Å². The third kappa shape index (κ3) is 4.64. The van der Waals surface area contributed by atoms with E-state index in [1.54, 1.807) is 58.0 Å². The quantitative estimate of drug-likeness (QED) is 0.596. The lowest BCUT2D eigenvalue weighted by molar-refractivity contribution is -0.157. The van der Waals surface area contributed by atoms with Crippen LogP contribution in [0.25, 0.3) is 0 Å². The van der Waals surface area contributed by atoms with Crippen molar-refractivity contribution in [2.75, 3.05) is 6.54 Å². The van der Waals surface area contributed by atoms with Crippen LogP contribution >= 0.6 is 0 Å². The SMILES string of the molecule is C[C@@H](OC(=O)CN1C(=O)N[C@@](C)(c2ccccc2)C1=O)C(=O)NC(C)(C)C. The molecule has 1 saturated heterocycles. The molecule has 1 fully saturated rings. The van der Waals surface area contributed by atoms with Gasteiger partial charge in [0.15, 0.2) is 6.10 Å². The molecule has 0 bridgehead atoms. The van der Waals surface area contributed by atoms with Gasteiger partial charge in [0.05, 0.1) is 0 Å². The molecule has 1 aliphatic rings. The summed E-state index contributed by atoms with van der Waals surface area (Å²) in [5.74, 6) is -1.85. The number of ether oxygens (including phenoxy) is 1. The minimum atomic E-state index is -1.26. The van der Waals surface area contributed by atoms with Crippen molar-refractivity contribution in [3.05, 3.63) is 35.9 Å². The van der Waals surface area contributed by atoms with Crippen molar-refractivity contribution in [3.8, 4) is 0 Å². The van der Waals surface area contributed by atoms with Crippen LogP contribution in [0.3, 0.4) is 0 Å².